The summed E-state index contributed by atoms with van der Waals surface area (Å²) in [6, 6.07) is 12.0. The van der Waals surface area contributed by atoms with Crippen LogP contribution in [0.3, 0.4) is 0 Å². The van der Waals surface area contributed by atoms with E-state index in [9.17, 15) is 32.3 Å². The number of piperidine rings is 1. The number of hydrogen-bond acceptors (Lipinski definition) is 9. The van der Waals surface area contributed by atoms with Crippen LogP contribution in [0, 0.1) is 5.92 Å². The van der Waals surface area contributed by atoms with Gasteiger partial charge in [-0.25, -0.2) is 9.78 Å². The third kappa shape index (κ3) is 7.59. The number of nitrogens with zero attached hydrogens (tertiary/aromatic N) is 7. The van der Waals surface area contributed by atoms with E-state index in [0.29, 0.717) is 41.4 Å². The summed E-state index contributed by atoms with van der Waals surface area (Å²) >= 11 is 0. The molecule has 0 spiro atoms. The molecule has 300 valence electrons. The van der Waals surface area contributed by atoms with Gasteiger partial charge >= 0.3 is 11.9 Å². The Bertz CT molecular complexity index is 2400. The normalized spacial score (nSPS) is 20.9. The lowest BCUT2D eigenvalue weighted by Crippen LogP contribution is -2.48. The van der Waals surface area contributed by atoms with Crippen molar-refractivity contribution in [3.05, 3.63) is 76.6 Å². The van der Waals surface area contributed by atoms with Gasteiger partial charge < -0.3 is 15.0 Å². The molecule has 3 fully saturated rings. The average molecular weight is 788 g/mol. The summed E-state index contributed by atoms with van der Waals surface area (Å²) in [6.07, 6.45) is 1.78. The maximum Gasteiger partial charge on any atom is 0.433 e. The van der Waals surface area contributed by atoms with Crippen molar-refractivity contribution in [1.29, 1.82) is 0 Å². The number of aromatic nitrogens is 5. The zero-order valence-electron chi connectivity index (χ0n) is 31.7. The number of imide groups is 1. The molecule has 8 rings (SSSR count). The number of piperazine rings is 1. The Hall–Kier alpha value is -5.71. The molecule has 3 aliphatic rings. The van der Waals surface area contributed by atoms with E-state index in [2.05, 4.69) is 25.4 Å². The van der Waals surface area contributed by atoms with Crippen LogP contribution >= 0.6 is 0 Å². The predicted octanol–water partition coefficient (Wildman–Crippen LogP) is 5.29. The third-order valence-corrected chi connectivity index (χ3v) is 11.5. The van der Waals surface area contributed by atoms with E-state index in [1.807, 2.05) is 29.1 Å². The summed E-state index contributed by atoms with van der Waals surface area (Å²) in [5.74, 6) is -0.633. The fraction of sp³-hybridized carbons (Fsp3) is 0.450. The van der Waals surface area contributed by atoms with Gasteiger partial charge in [0.1, 0.15) is 23.2 Å². The minimum atomic E-state index is -4.67. The third-order valence-electron chi connectivity index (χ3n) is 11.5. The number of para-hydroxylation sites is 1. The van der Waals surface area contributed by atoms with E-state index in [1.54, 1.807) is 30.7 Å². The van der Waals surface area contributed by atoms with Crippen LogP contribution in [0.25, 0.3) is 21.9 Å². The van der Waals surface area contributed by atoms with Crippen molar-refractivity contribution in [3.8, 4) is 5.75 Å². The largest absolute Gasteiger partial charge is 0.492 e. The fourth-order valence-electron chi connectivity index (χ4n) is 8.57. The number of nitrogens with one attached hydrogen (secondary N) is 2. The molecule has 1 unspecified atom stereocenters. The van der Waals surface area contributed by atoms with Gasteiger partial charge in [0.15, 0.2) is 0 Å². The number of aryl methyl sites for hydroxylation is 1. The molecule has 2 aromatic carbocycles. The molecule has 2 N–H and O–H groups in total. The minimum absolute atomic E-state index is 0.194. The van der Waals surface area contributed by atoms with E-state index >= 15 is 0 Å². The highest BCUT2D eigenvalue weighted by molar-refractivity contribution is 6.05. The second-order valence-corrected chi connectivity index (χ2v) is 15.1. The molecule has 0 radical (unpaired) electrons. The number of pyridine rings is 1. The van der Waals surface area contributed by atoms with Crippen LogP contribution in [-0.4, -0.2) is 85.9 Å². The molecule has 5 heterocycles. The molecule has 17 heteroatoms. The number of carbonyl (C=O) groups is 3. The molecule has 0 bridgehead atoms. The summed E-state index contributed by atoms with van der Waals surface area (Å²) in [4.78, 5) is 59.2. The molecular formula is C40H44F3N9O5. The van der Waals surface area contributed by atoms with Crippen LogP contribution in [0.15, 0.2) is 59.5 Å². The zero-order valence-corrected chi connectivity index (χ0v) is 31.7. The van der Waals surface area contributed by atoms with Crippen molar-refractivity contribution in [2.75, 3.05) is 49.5 Å². The first-order valence-electron chi connectivity index (χ1n) is 19.4. The van der Waals surface area contributed by atoms with Crippen molar-refractivity contribution in [3.63, 3.8) is 0 Å². The van der Waals surface area contributed by atoms with Crippen LogP contribution in [0.1, 0.15) is 73.7 Å². The number of ether oxygens (including phenoxy) is 1. The molecule has 57 heavy (non-hydrogen) atoms. The van der Waals surface area contributed by atoms with Crippen LogP contribution in [0.5, 0.6) is 5.75 Å². The maximum atomic E-state index is 13.4. The standard InChI is InChI=1S/C40H44F3N9O5/c1-3-57-33-21-28-25(20-29(33)45-37(54)27-6-4-9-34(44-27)40(41,42)43)23-51(47-28)26-12-10-24(11-13-26)22-49-16-18-50(19-17-49)30-7-5-8-31-36(30)48(2)39(56)52(31)32-14-15-35(53)46-38(32)55/h4-9,20-21,23-24,26,32H,3,10-19,22H2,1-2H3,(H,45,54)(H,46,53,55)/t24-,26-,32?. The summed E-state index contributed by atoms with van der Waals surface area (Å²) in [7, 11) is 1.73. The number of benzene rings is 2. The molecule has 1 atom stereocenters. The van der Waals surface area contributed by atoms with Crippen molar-refractivity contribution in [2.45, 2.75) is 63.7 Å². The summed E-state index contributed by atoms with van der Waals surface area (Å²) < 4.78 is 50.5. The number of alkyl halides is 3. The predicted molar refractivity (Wildman–Crippen MR) is 206 cm³/mol. The van der Waals surface area contributed by atoms with E-state index < -0.39 is 29.7 Å². The Kier molecular flexibility index (Phi) is 10.3. The van der Waals surface area contributed by atoms with Crippen molar-refractivity contribution in [2.24, 2.45) is 13.0 Å². The van der Waals surface area contributed by atoms with Gasteiger partial charge in [-0.2, -0.15) is 18.3 Å². The molecule has 1 saturated carbocycles. The van der Waals surface area contributed by atoms with E-state index in [0.717, 1.165) is 87.1 Å². The van der Waals surface area contributed by atoms with E-state index in [-0.39, 0.29) is 29.8 Å². The summed E-state index contributed by atoms with van der Waals surface area (Å²) in [5, 5.41) is 10.7. The van der Waals surface area contributed by atoms with Gasteiger partial charge in [0.25, 0.3) is 5.91 Å². The molecule has 2 aliphatic heterocycles. The lowest BCUT2D eigenvalue weighted by Gasteiger charge is -2.39. The SMILES string of the molecule is CCOc1cc2nn([C@H]3CC[C@H](CN4CCN(c5cccc6c5n(C)c(=O)n6C5CCC(=O)NC5=O)CC4)CC3)cc2cc1NC(=O)c1cccc(C(F)(F)F)n1. The molecule has 3 amide bonds. The lowest BCUT2D eigenvalue weighted by atomic mass is 9.85. The number of anilines is 2. The molecular weight excluding hydrogens is 743 g/mol. The first kappa shape index (κ1) is 38.2. The zero-order chi connectivity index (χ0) is 40.0. The fourth-order valence-corrected chi connectivity index (χ4v) is 8.57. The molecule has 3 aromatic heterocycles. The number of rotatable bonds is 9. The molecule has 5 aromatic rings. The molecule has 14 nitrogen and oxygen atoms in total. The Morgan fingerprint density at radius 2 is 1.74 bits per heavy atom. The minimum Gasteiger partial charge on any atom is -0.492 e. The van der Waals surface area contributed by atoms with Gasteiger partial charge in [0, 0.05) is 63.8 Å². The monoisotopic (exact) mass is 787 g/mol. The van der Waals surface area contributed by atoms with Crippen LogP contribution in [0.2, 0.25) is 0 Å². The molecule has 1 aliphatic carbocycles. The van der Waals surface area contributed by atoms with Crippen LogP contribution in [-0.2, 0) is 22.8 Å². The van der Waals surface area contributed by atoms with Crippen LogP contribution < -0.4 is 26.0 Å². The van der Waals surface area contributed by atoms with Crippen LogP contribution in [0.4, 0.5) is 24.5 Å². The number of amides is 3. The maximum absolute atomic E-state index is 13.4. The Labute approximate surface area is 325 Å². The Morgan fingerprint density at radius 3 is 2.46 bits per heavy atom. The van der Waals surface area contributed by atoms with Crippen molar-refractivity contribution < 1.29 is 32.3 Å². The lowest BCUT2D eigenvalue weighted by molar-refractivity contribution is -0.141. The Balaban J connectivity index is 0.884. The quantitative estimate of drug-likeness (QED) is 0.190. The Morgan fingerprint density at radius 1 is 0.982 bits per heavy atom. The average Bonchev–Trinajstić information content (AvgIpc) is 3.72. The second kappa shape index (κ2) is 15.3. The van der Waals surface area contributed by atoms with Crippen molar-refractivity contribution >= 4 is 51.0 Å². The highest BCUT2D eigenvalue weighted by Crippen LogP contribution is 2.37. The highest BCUT2D eigenvalue weighted by Gasteiger charge is 2.34. The topological polar surface area (TPSA) is 149 Å². The van der Waals surface area contributed by atoms with Gasteiger partial charge in [-0.1, -0.05) is 12.1 Å². The first-order valence-corrected chi connectivity index (χ1v) is 19.4. The first-order chi connectivity index (χ1) is 27.4. The van der Waals surface area contributed by atoms with Gasteiger partial charge in [-0.15, -0.1) is 0 Å². The van der Waals surface area contributed by atoms with E-state index in [4.69, 9.17) is 9.84 Å². The van der Waals surface area contributed by atoms with Gasteiger partial charge in [-0.3, -0.25) is 38.4 Å². The number of carbonyl (C=O) groups excluding carboxylic acids is 3. The highest BCUT2D eigenvalue weighted by atomic mass is 19.4. The number of hydrogen-bond donors (Lipinski definition) is 2. The number of halogens is 3. The van der Waals surface area contributed by atoms with Gasteiger partial charge in [0.05, 0.1) is 40.6 Å². The summed E-state index contributed by atoms with van der Waals surface area (Å²) in [5.41, 5.74) is 1.67. The smallest absolute Gasteiger partial charge is 0.433 e. The van der Waals surface area contributed by atoms with Gasteiger partial charge in [0.2, 0.25) is 11.8 Å². The summed E-state index contributed by atoms with van der Waals surface area (Å²) in [6.45, 7) is 6.48. The number of imidazole rings is 1. The molecule has 2 saturated heterocycles. The van der Waals surface area contributed by atoms with E-state index in [1.165, 1.54) is 10.6 Å². The van der Waals surface area contributed by atoms with Gasteiger partial charge in [-0.05, 0) is 75.3 Å². The second-order valence-electron chi connectivity index (χ2n) is 15.1. The number of fused-ring (bicyclic) bond motifs is 2. The van der Waals surface area contributed by atoms with Crippen molar-refractivity contribution in [1.82, 2.24) is 34.1 Å².